The second kappa shape index (κ2) is 5.50. The normalized spacial score (nSPS) is 14.0. The van der Waals surface area contributed by atoms with Crippen molar-refractivity contribution >= 4 is 44.8 Å². The van der Waals surface area contributed by atoms with Gasteiger partial charge in [-0.05, 0) is 30.3 Å². The lowest BCUT2D eigenvalue weighted by atomic mass is 10.00. The molecular weight excluding hydrogens is 356 g/mol. The van der Waals surface area contributed by atoms with E-state index in [-0.39, 0.29) is 18.2 Å². The average Bonchev–Trinajstić information content (AvgIpc) is 2.58. The van der Waals surface area contributed by atoms with Crippen LogP contribution in [-0.4, -0.2) is 23.3 Å². The monoisotopic (exact) mass is 364 g/mol. The second-order valence-corrected chi connectivity index (χ2v) is 5.86. The first kappa shape index (κ1) is 14.1. The summed E-state index contributed by atoms with van der Waals surface area (Å²) in [6.07, 6.45) is 0. The maximum absolute atomic E-state index is 11.8. The number of hydrogen-bond donors (Lipinski definition) is 2. The van der Waals surface area contributed by atoms with Gasteiger partial charge in [-0.2, -0.15) is 0 Å². The van der Waals surface area contributed by atoms with Crippen LogP contribution >= 0.6 is 27.5 Å². The average molecular weight is 366 g/mol. The van der Waals surface area contributed by atoms with Crippen LogP contribution in [-0.2, 0) is 4.79 Å². The molecule has 2 aromatic carbocycles. The third-order valence-corrected chi connectivity index (χ3v) is 3.93. The number of aromatic hydroxyl groups is 1. The van der Waals surface area contributed by atoms with Gasteiger partial charge in [-0.3, -0.25) is 9.79 Å². The zero-order valence-electron chi connectivity index (χ0n) is 10.7. The SMILES string of the molecule is O=C1CN=C(c2c(O)cccc2Cl)c2cc(Br)ccc2N1. The summed E-state index contributed by atoms with van der Waals surface area (Å²) in [4.78, 5) is 16.1. The fourth-order valence-electron chi connectivity index (χ4n) is 2.21. The molecular formula is C15H10BrClN2O2. The molecule has 0 fully saturated rings. The predicted molar refractivity (Wildman–Crippen MR) is 86.4 cm³/mol. The Kier molecular flexibility index (Phi) is 3.69. The number of phenolic OH excluding ortho intramolecular Hbond substituents is 1. The van der Waals surface area contributed by atoms with Crippen molar-refractivity contribution in [2.45, 2.75) is 0 Å². The highest BCUT2D eigenvalue weighted by molar-refractivity contribution is 9.10. The maximum Gasteiger partial charge on any atom is 0.246 e. The Labute approximate surface area is 134 Å². The third-order valence-electron chi connectivity index (χ3n) is 3.12. The summed E-state index contributed by atoms with van der Waals surface area (Å²) in [7, 11) is 0. The largest absolute Gasteiger partial charge is 0.507 e. The maximum atomic E-state index is 11.8. The molecule has 2 N–H and O–H groups in total. The first-order chi connectivity index (χ1) is 10.1. The van der Waals surface area contributed by atoms with Crippen molar-refractivity contribution in [1.82, 2.24) is 0 Å². The van der Waals surface area contributed by atoms with E-state index in [9.17, 15) is 9.90 Å². The van der Waals surface area contributed by atoms with Crippen LogP contribution in [0.5, 0.6) is 5.75 Å². The van der Waals surface area contributed by atoms with E-state index in [1.165, 1.54) is 0 Å². The molecule has 0 spiro atoms. The van der Waals surface area contributed by atoms with Crippen molar-refractivity contribution in [2.24, 2.45) is 4.99 Å². The van der Waals surface area contributed by atoms with Crippen LogP contribution in [0, 0.1) is 0 Å². The van der Waals surface area contributed by atoms with E-state index < -0.39 is 0 Å². The third kappa shape index (κ3) is 2.66. The Morgan fingerprint density at radius 1 is 1.29 bits per heavy atom. The van der Waals surface area contributed by atoms with E-state index in [1.54, 1.807) is 24.3 Å². The number of aliphatic imine (C=N–C) groups is 1. The molecule has 4 nitrogen and oxygen atoms in total. The number of amides is 1. The lowest BCUT2D eigenvalue weighted by Crippen LogP contribution is -2.13. The molecule has 106 valence electrons. The van der Waals surface area contributed by atoms with Crippen molar-refractivity contribution in [3.05, 3.63) is 57.0 Å². The Morgan fingerprint density at radius 3 is 2.86 bits per heavy atom. The molecule has 0 aromatic heterocycles. The Morgan fingerprint density at radius 2 is 2.10 bits per heavy atom. The van der Waals surface area contributed by atoms with Gasteiger partial charge in [0, 0.05) is 10.0 Å². The van der Waals surface area contributed by atoms with Gasteiger partial charge in [0.15, 0.2) is 0 Å². The standard InChI is InChI=1S/C15H10BrClN2O2/c16-8-4-5-11-9(6-8)15(18-7-13(21)19-11)14-10(17)2-1-3-12(14)20/h1-6,20H,7H2,(H,19,21). The molecule has 6 heteroatoms. The van der Waals surface area contributed by atoms with Crippen molar-refractivity contribution in [3.8, 4) is 5.75 Å². The molecule has 0 saturated heterocycles. The summed E-state index contributed by atoms with van der Waals surface area (Å²) >= 11 is 9.61. The molecule has 1 aliphatic heterocycles. The fourth-order valence-corrected chi connectivity index (χ4v) is 2.83. The lowest BCUT2D eigenvalue weighted by Gasteiger charge is -2.13. The number of fused-ring (bicyclic) bond motifs is 1. The van der Waals surface area contributed by atoms with Crippen LogP contribution in [0.25, 0.3) is 0 Å². The second-order valence-electron chi connectivity index (χ2n) is 4.54. The number of phenols is 1. The minimum absolute atomic E-state index is 0.0215. The molecule has 3 rings (SSSR count). The van der Waals surface area contributed by atoms with Gasteiger partial charge in [0.2, 0.25) is 5.91 Å². The van der Waals surface area contributed by atoms with Crippen molar-refractivity contribution in [1.29, 1.82) is 0 Å². The highest BCUT2D eigenvalue weighted by Gasteiger charge is 2.22. The molecule has 1 heterocycles. The summed E-state index contributed by atoms with van der Waals surface area (Å²) in [5.41, 5.74) is 2.26. The van der Waals surface area contributed by atoms with E-state index in [4.69, 9.17) is 11.6 Å². The minimum Gasteiger partial charge on any atom is -0.507 e. The van der Waals surface area contributed by atoms with Gasteiger partial charge in [0.1, 0.15) is 12.3 Å². The predicted octanol–water partition coefficient (Wildman–Crippen LogP) is 3.60. The number of carbonyl (C=O) groups is 1. The lowest BCUT2D eigenvalue weighted by molar-refractivity contribution is -0.114. The number of carbonyl (C=O) groups excluding carboxylic acids is 1. The summed E-state index contributed by atoms with van der Waals surface area (Å²) in [6.45, 7) is -0.0215. The minimum atomic E-state index is -0.208. The Hall–Kier alpha value is -1.85. The molecule has 0 atom stereocenters. The van der Waals surface area contributed by atoms with Crippen LogP contribution in [0.1, 0.15) is 11.1 Å². The number of benzene rings is 2. The smallest absolute Gasteiger partial charge is 0.246 e. The van der Waals surface area contributed by atoms with Crippen molar-refractivity contribution < 1.29 is 9.90 Å². The van der Waals surface area contributed by atoms with Gasteiger partial charge in [-0.15, -0.1) is 0 Å². The quantitative estimate of drug-likeness (QED) is 0.811. The van der Waals surface area contributed by atoms with E-state index in [2.05, 4.69) is 26.2 Å². The van der Waals surface area contributed by atoms with Gasteiger partial charge in [0.25, 0.3) is 0 Å². The first-order valence-corrected chi connectivity index (χ1v) is 7.35. The number of halogens is 2. The summed E-state index contributed by atoms with van der Waals surface area (Å²) in [6, 6.07) is 10.3. The van der Waals surface area contributed by atoms with Gasteiger partial charge in [-0.1, -0.05) is 33.6 Å². The van der Waals surface area contributed by atoms with Crippen LogP contribution in [0.2, 0.25) is 5.02 Å². The molecule has 2 aromatic rings. The topological polar surface area (TPSA) is 61.7 Å². The van der Waals surface area contributed by atoms with Crippen molar-refractivity contribution in [3.63, 3.8) is 0 Å². The highest BCUT2D eigenvalue weighted by atomic mass is 79.9. The van der Waals surface area contributed by atoms with Gasteiger partial charge < -0.3 is 10.4 Å². The molecule has 0 radical (unpaired) electrons. The van der Waals surface area contributed by atoms with Crippen molar-refractivity contribution in [2.75, 3.05) is 11.9 Å². The summed E-state index contributed by atoms with van der Waals surface area (Å²) < 4.78 is 0.844. The molecule has 21 heavy (non-hydrogen) atoms. The fraction of sp³-hybridized carbons (Fsp3) is 0.0667. The Balaban J connectivity index is 2.28. The first-order valence-electron chi connectivity index (χ1n) is 6.18. The van der Waals surface area contributed by atoms with Gasteiger partial charge in [0.05, 0.1) is 22.0 Å². The Bertz CT molecular complexity index is 754. The van der Waals surface area contributed by atoms with Crippen LogP contribution in [0.4, 0.5) is 5.69 Å². The summed E-state index contributed by atoms with van der Waals surface area (Å²) in [5.74, 6) is -0.179. The van der Waals surface area contributed by atoms with E-state index in [0.717, 1.165) is 4.47 Å². The summed E-state index contributed by atoms with van der Waals surface area (Å²) in [5, 5.41) is 13.3. The van der Waals surface area contributed by atoms with Crippen LogP contribution in [0.15, 0.2) is 45.9 Å². The molecule has 0 bridgehead atoms. The van der Waals surface area contributed by atoms with E-state index in [0.29, 0.717) is 27.5 Å². The highest BCUT2D eigenvalue weighted by Crippen LogP contribution is 2.33. The van der Waals surface area contributed by atoms with E-state index >= 15 is 0 Å². The van der Waals surface area contributed by atoms with Crippen LogP contribution in [0.3, 0.4) is 0 Å². The number of benzodiazepines with no additional fused rings is 1. The van der Waals surface area contributed by atoms with Gasteiger partial charge >= 0.3 is 0 Å². The molecule has 1 aliphatic rings. The number of nitrogens with one attached hydrogen (secondary N) is 1. The molecule has 0 aliphatic carbocycles. The zero-order chi connectivity index (χ0) is 15.0. The van der Waals surface area contributed by atoms with E-state index in [1.807, 2.05) is 12.1 Å². The number of anilines is 1. The number of rotatable bonds is 1. The van der Waals surface area contributed by atoms with Gasteiger partial charge in [-0.25, -0.2) is 0 Å². The van der Waals surface area contributed by atoms with Crippen LogP contribution < -0.4 is 5.32 Å². The molecule has 1 amide bonds. The number of hydrogen-bond acceptors (Lipinski definition) is 3. The zero-order valence-corrected chi connectivity index (χ0v) is 13.1. The molecule has 0 unspecified atom stereocenters. The molecule has 0 saturated carbocycles. The number of nitrogens with zero attached hydrogens (tertiary/aromatic N) is 1.